The monoisotopic (exact) mass is 317 g/mol. The van der Waals surface area contributed by atoms with Crippen LogP contribution >= 0.6 is 11.3 Å². The van der Waals surface area contributed by atoms with Crippen LogP contribution in [-0.2, 0) is 16.0 Å². The van der Waals surface area contributed by atoms with Gasteiger partial charge >= 0.3 is 5.97 Å². The number of rotatable bonds is 7. The number of carbonyl (C=O) groups excluding carboxylic acids is 1. The Kier molecular flexibility index (Phi) is 5.72. The normalized spacial score (nSPS) is 11.9. The van der Waals surface area contributed by atoms with Gasteiger partial charge in [-0.3, -0.25) is 4.79 Å². The van der Waals surface area contributed by atoms with Crippen molar-refractivity contribution in [3.8, 4) is 0 Å². The van der Waals surface area contributed by atoms with Crippen molar-refractivity contribution in [2.75, 3.05) is 0 Å². The molecule has 1 heterocycles. The van der Waals surface area contributed by atoms with Crippen molar-refractivity contribution in [1.29, 1.82) is 0 Å². The molecular formula is C17H19NO3S. The van der Waals surface area contributed by atoms with Gasteiger partial charge in [-0.05, 0) is 37.5 Å². The maximum absolute atomic E-state index is 12.0. The van der Waals surface area contributed by atoms with Crippen molar-refractivity contribution in [1.82, 2.24) is 5.32 Å². The SMILES string of the molecule is Cc1ccc(CCCC(=O)N[C@@H](C(=O)O)c2ccccc2)s1. The van der Waals surface area contributed by atoms with Gasteiger partial charge in [-0.25, -0.2) is 4.79 Å². The van der Waals surface area contributed by atoms with Crippen molar-refractivity contribution >= 4 is 23.2 Å². The van der Waals surface area contributed by atoms with E-state index >= 15 is 0 Å². The number of nitrogens with one attached hydrogen (secondary N) is 1. The molecule has 0 radical (unpaired) electrons. The summed E-state index contributed by atoms with van der Waals surface area (Å²) in [5.74, 6) is -1.28. The Hall–Kier alpha value is -2.14. The van der Waals surface area contributed by atoms with Crippen LogP contribution in [0.25, 0.3) is 0 Å². The molecule has 0 saturated heterocycles. The van der Waals surface area contributed by atoms with Crippen molar-refractivity contribution in [3.05, 3.63) is 57.8 Å². The molecule has 1 atom stereocenters. The molecule has 0 bridgehead atoms. The maximum atomic E-state index is 12.0. The molecular weight excluding hydrogens is 298 g/mol. The lowest BCUT2D eigenvalue weighted by molar-refractivity contribution is -0.142. The van der Waals surface area contributed by atoms with Gasteiger partial charge in [-0.1, -0.05) is 30.3 Å². The Morgan fingerprint density at radius 1 is 1.18 bits per heavy atom. The molecule has 0 unspecified atom stereocenters. The standard InChI is InChI=1S/C17H19NO3S/c1-12-10-11-14(22-12)8-5-9-15(19)18-16(17(20)21)13-6-3-2-4-7-13/h2-4,6-7,10-11,16H,5,8-9H2,1H3,(H,18,19)(H,20,21)/t16-/m1/s1. The van der Waals surface area contributed by atoms with Crippen LogP contribution in [0.1, 0.15) is 34.2 Å². The first-order valence-corrected chi connectivity index (χ1v) is 8.00. The van der Waals surface area contributed by atoms with Gasteiger partial charge < -0.3 is 10.4 Å². The fourth-order valence-electron chi connectivity index (χ4n) is 2.21. The van der Waals surface area contributed by atoms with E-state index in [1.54, 1.807) is 35.6 Å². The van der Waals surface area contributed by atoms with Crippen LogP contribution in [0.3, 0.4) is 0 Å². The molecule has 4 nitrogen and oxygen atoms in total. The van der Waals surface area contributed by atoms with Gasteiger partial charge in [-0.2, -0.15) is 0 Å². The first kappa shape index (κ1) is 16.2. The summed E-state index contributed by atoms with van der Waals surface area (Å²) in [6.45, 7) is 2.05. The zero-order chi connectivity index (χ0) is 15.9. The first-order valence-electron chi connectivity index (χ1n) is 7.18. The molecule has 2 aromatic rings. The largest absolute Gasteiger partial charge is 0.479 e. The third-order valence-electron chi connectivity index (χ3n) is 3.31. The molecule has 5 heteroatoms. The lowest BCUT2D eigenvalue weighted by atomic mass is 10.1. The Morgan fingerprint density at radius 2 is 1.91 bits per heavy atom. The Morgan fingerprint density at radius 3 is 2.50 bits per heavy atom. The summed E-state index contributed by atoms with van der Waals surface area (Å²) < 4.78 is 0. The Labute approximate surface area is 133 Å². The second kappa shape index (κ2) is 7.75. The molecule has 2 rings (SSSR count). The molecule has 0 aliphatic heterocycles. The van der Waals surface area contributed by atoms with E-state index in [1.165, 1.54) is 9.75 Å². The Bertz CT molecular complexity index is 636. The molecule has 1 aromatic carbocycles. The molecule has 0 aliphatic carbocycles. The number of carbonyl (C=O) groups is 2. The zero-order valence-corrected chi connectivity index (χ0v) is 13.2. The molecule has 1 amide bonds. The fourth-order valence-corrected chi connectivity index (χ4v) is 3.14. The van der Waals surface area contributed by atoms with Crippen molar-refractivity contribution in [2.45, 2.75) is 32.2 Å². The summed E-state index contributed by atoms with van der Waals surface area (Å²) in [5, 5.41) is 11.9. The summed E-state index contributed by atoms with van der Waals surface area (Å²) in [7, 11) is 0. The number of benzene rings is 1. The van der Waals surface area contributed by atoms with Crippen LogP contribution < -0.4 is 5.32 Å². The predicted octanol–water partition coefficient (Wildman–Crippen LogP) is 3.32. The van der Waals surface area contributed by atoms with Gasteiger partial charge in [0.1, 0.15) is 0 Å². The summed E-state index contributed by atoms with van der Waals surface area (Å²) in [6, 6.07) is 11.9. The van der Waals surface area contributed by atoms with Crippen LogP contribution in [0.4, 0.5) is 0 Å². The lowest BCUT2D eigenvalue weighted by Gasteiger charge is -2.14. The summed E-state index contributed by atoms with van der Waals surface area (Å²) in [4.78, 5) is 25.8. The van der Waals surface area contributed by atoms with Crippen molar-refractivity contribution in [3.63, 3.8) is 0 Å². The topological polar surface area (TPSA) is 66.4 Å². The highest BCUT2D eigenvalue weighted by atomic mass is 32.1. The van der Waals surface area contributed by atoms with E-state index in [9.17, 15) is 14.7 Å². The molecule has 116 valence electrons. The van der Waals surface area contributed by atoms with E-state index in [4.69, 9.17) is 0 Å². The second-order valence-electron chi connectivity index (χ2n) is 5.12. The third kappa shape index (κ3) is 4.70. The minimum Gasteiger partial charge on any atom is -0.479 e. The number of hydrogen-bond acceptors (Lipinski definition) is 3. The molecule has 22 heavy (non-hydrogen) atoms. The van der Waals surface area contributed by atoms with Crippen LogP contribution in [0.15, 0.2) is 42.5 Å². The van der Waals surface area contributed by atoms with Crippen molar-refractivity contribution < 1.29 is 14.7 Å². The van der Waals surface area contributed by atoms with E-state index < -0.39 is 12.0 Å². The van der Waals surface area contributed by atoms with E-state index in [2.05, 4.69) is 24.4 Å². The van der Waals surface area contributed by atoms with Gasteiger partial charge in [0, 0.05) is 16.2 Å². The Balaban J connectivity index is 1.85. The van der Waals surface area contributed by atoms with E-state index in [0.717, 1.165) is 6.42 Å². The highest BCUT2D eigenvalue weighted by molar-refractivity contribution is 7.11. The van der Waals surface area contributed by atoms with Gasteiger partial charge in [0.05, 0.1) is 0 Å². The molecule has 0 fully saturated rings. The van der Waals surface area contributed by atoms with Gasteiger partial charge in [0.15, 0.2) is 6.04 Å². The van der Waals surface area contributed by atoms with E-state index in [-0.39, 0.29) is 5.91 Å². The second-order valence-corrected chi connectivity index (χ2v) is 6.49. The first-order chi connectivity index (χ1) is 10.6. The minimum atomic E-state index is -1.05. The summed E-state index contributed by atoms with van der Waals surface area (Å²) >= 11 is 1.73. The average Bonchev–Trinajstić information content (AvgIpc) is 2.91. The molecule has 2 N–H and O–H groups in total. The highest BCUT2D eigenvalue weighted by Crippen LogP contribution is 2.18. The number of aryl methyl sites for hydroxylation is 2. The predicted molar refractivity (Wildman–Crippen MR) is 87.0 cm³/mol. The highest BCUT2D eigenvalue weighted by Gasteiger charge is 2.21. The number of carboxylic acid groups (broad SMARTS) is 1. The smallest absolute Gasteiger partial charge is 0.330 e. The molecule has 0 spiro atoms. The molecule has 1 aromatic heterocycles. The number of aliphatic carboxylic acids is 1. The quantitative estimate of drug-likeness (QED) is 0.823. The van der Waals surface area contributed by atoms with Gasteiger partial charge in [-0.15, -0.1) is 11.3 Å². The summed E-state index contributed by atoms with van der Waals surface area (Å²) in [5.41, 5.74) is 0.581. The van der Waals surface area contributed by atoms with E-state index in [0.29, 0.717) is 18.4 Å². The maximum Gasteiger partial charge on any atom is 0.330 e. The van der Waals surface area contributed by atoms with Crippen LogP contribution in [0, 0.1) is 6.92 Å². The molecule has 0 saturated carbocycles. The number of hydrogen-bond donors (Lipinski definition) is 2. The summed E-state index contributed by atoms with van der Waals surface area (Å²) in [6.07, 6.45) is 1.88. The fraction of sp³-hybridized carbons (Fsp3) is 0.294. The lowest BCUT2D eigenvalue weighted by Crippen LogP contribution is -2.33. The van der Waals surface area contributed by atoms with Gasteiger partial charge in [0.2, 0.25) is 5.91 Å². The van der Waals surface area contributed by atoms with Crippen LogP contribution in [0.5, 0.6) is 0 Å². The van der Waals surface area contributed by atoms with Crippen LogP contribution in [0.2, 0.25) is 0 Å². The number of carboxylic acids is 1. The number of thiophene rings is 1. The van der Waals surface area contributed by atoms with Crippen LogP contribution in [-0.4, -0.2) is 17.0 Å². The number of amides is 1. The van der Waals surface area contributed by atoms with E-state index in [1.807, 2.05) is 6.07 Å². The van der Waals surface area contributed by atoms with Gasteiger partial charge in [0.25, 0.3) is 0 Å². The third-order valence-corrected chi connectivity index (χ3v) is 4.37. The average molecular weight is 317 g/mol. The zero-order valence-electron chi connectivity index (χ0n) is 12.4. The molecule has 0 aliphatic rings. The van der Waals surface area contributed by atoms with Crippen molar-refractivity contribution in [2.24, 2.45) is 0 Å². The minimum absolute atomic E-state index is 0.232.